The molecular formula is C24H29F2N4O3PS. The fourth-order valence-electron chi connectivity index (χ4n) is 3.55. The second-order valence-electron chi connectivity index (χ2n) is 7.76. The molecule has 7 nitrogen and oxygen atoms in total. The molecule has 1 atom stereocenters. The Morgan fingerprint density at radius 1 is 1.09 bits per heavy atom. The number of furan rings is 1. The number of rotatable bonds is 11. The van der Waals surface area contributed by atoms with Gasteiger partial charge in [0, 0.05) is 43.5 Å². The molecule has 0 fully saturated rings. The fraction of sp³-hybridized carbons (Fsp3) is 0.292. The molecule has 1 heterocycles. The van der Waals surface area contributed by atoms with E-state index in [0.717, 1.165) is 5.69 Å². The van der Waals surface area contributed by atoms with Gasteiger partial charge in [-0.3, -0.25) is 9.36 Å². The van der Waals surface area contributed by atoms with Gasteiger partial charge in [-0.05, 0) is 54.6 Å². The van der Waals surface area contributed by atoms with Gasteiger partial charge in [-0.2, -0.15) is 8.78 Å². The number of nitrogens with zero attached hydrogens (tertiary/aromatic N) is 2. The second kappa shape index (κ2) is 11.7. The lowest BCUT2D eigenvalue weighted by Crippen LogP contribution is -2.32. The third kappa shape index (κ3) is 6.45. The van der Waals surface area contributed by atoms with E-state index in [0.29, 0.717) is 46.4 Å². The number of carbonyl (C=O) groups is 1. The van der Waals surface area contributed by atoms with Crippen molar-refractivity contribution < 1.29 is 22.6 Å². The summed E-state index contributed by atoms with van der Waals surface area (Å²) in [7, 11) is 0.236. The molecule has 0 aliphatic rings. The molecule has 0 saturated heterocycles. The van der Waals surface area contributed by atoms with E-state index in [4.69, 9.17) is 4.42 Å². The summed E-state index contributed by atoms with van der Waals surface area (Å²) in [5.41, 5.74) is 1.70. The average molecular weight is 523 g/mol. The lowest BCUT2D eigenvalue weighted by atomic mass is 10.2. The van der Waals surface area contributed by atoms with E-state index in [-0.39, 0.29) is 5.76 Å². The molecule has 3 rings (SSSR count). The van der Waals surface area contributed by atoms with Crippen molar-refractivity contribution in [2.24, 2.45) is 0 Å². The van der Waals surface area contributed by atoms with E-state index in [1.54, 1.807) is 53.2 Å². The Kier molecular flexibility index (Phi) is 8.99. The number of thioether (sulfide) groups is 1. The van der Waals surface area contributed by atoms with E-state index < -0.39 is 19.1 Å². The molecule has 0 bridgehead atoms. The minimum atomic E-state index is -3.50. The van der Waals surface area contributed by atoms with E-state index in [1.165, 1.54) is 6.26 Å². The van der Waals surface area contributed by atoms with Crippen molar-refractivity contribution in [3.8, 4) is 0 Å². The second-order valence-corrected chi connectivity index (χ2v) is 11.2. The number of benzene rings is 2. The maximum Gasteiger partial charge on any atom is 0.291 e. The molecule has 3 aromatic rings. The minimum absolute atomic E-state index is 0.129. The normalized spacial score (nSPS) is 13.0. The number of hydrogen-bond donors (Lipinski definition) is 2. The van der Waals surface area contributed by atoms with Crippen LogP contribution in [0, 0.1) is 0 Å². The van der Waals surface area contributed by atoms with Gasteiger partial charge in [0.1, 0.15) is 0 Å². The van der Waals surface area contributed by atoms with Crippen LogP contribution in [0.2, 0.25) is 0 Å². The first-order valence-corrected chi connectivity index (χ1v) is 13.6. The van der Waals surface area contributed by atoms with Gasteiger partial charge in [-0.25, -0.2) is 4.67 Å². The number of hydrogen-bond acceptors (Lipinski definition) is 5. The van der Waals surface area contributed by atoms with Crippen LogP contribution in [-0.2, 0) is 4.57 Å². The van der Waals surface area contributed by atoms with E-state index in [9.17, 15) is 18.1 Å². The summed E-state index contributed by atoms with van der Waals surface area (Å²) in [5, 5.41) is 6.41. The van der Waals surface area contributed by atoms with Crippen LogP contribution < -0.4 is 20.6 Å². The van der Waals surface area contributed by atoms with Crippen LogP contribution in [0.25, 0.3) is 0 Å². The molecule has 2 N–H and O–H groups in total. The molecule has 11 heteroatoms. The summed E-state index contributed by atoms with van der Waals surface area (Å²) >= 11 is 0.447. The molecule has 0 spiro atoms. The Balaban J connectivity index is 2.07. The van der Waals surface area contributed by atoms with Crippen molar-refractivity contribution in [3.63, 3.8) is 0 Å². The van der Waals surface area contributed by atoms with Crippen molar-refractivity contribution >= 4 is 47.5 Å². The van der Waals surface area contributed by atoms with Crippen molar-refractivity contribution in [1.29, 1.82) is 0 Å². The topological polar surface area (TPSA) is 77.8 Å². The van der Waals surface area contributed by atoms with Gasteiger partial charge in [-0.1, -0.05) is 25.6 Å². The first-order chi connectivity index (χ1) is 16.7. The third-order valence-electron chi connectivity index (χ3n) is 5.30. The molecule has 1 amide bonds. The first-order valence-electron chi connectivity index (χ1n) is 11.0. The molecule has 0 aliphatic heterocycles. The number of halogens is 2. The Morgan fingerprint density at radius 2 is 1.77 bits per heavy atom. The monoisotopic (exact) mass is 522 g/mol. The molecular weight excluding hydrogens is 493 g/mol. The summed E-state index contributed by atoms with van der Waals surface area (Å²) in [5.74, 6) is -2.86. The van der Waals surface area contributed by atoms with Crippen LogP contribution in [0.15, 0.2) is 70.2 Å². The lowest BCUT2D eigenvalue weighted by molar-refractivity contribution is 0.0996. The molecule has 35 heavy (non-hydrogen) atoms. The number of anilines is 3. The van der Waals surface area contributed by atoms with Gasteiger partial charge < -0.3 is 19.7 Å². The Morgan fingerprint density at radius 3 is 2.31 bits per heavy atom. The zero-order valence-corrected chi connectivity index (χ0v) is 21.7. The summed E-state index contributed by atoms with van der Waals surface area (Å²) in [4.78, 5) is 15.1. The highest BCUT2D eigenvalue weighted by Gasteiger charge is 2.34. The Hall–Kier alpha value is -2.81. The number of amides is 1. The molecule has 1 aromatic heterocycles. The van der Waals surface area contributed by atoms with Crippen molar-refractivity contribution in [1.82, 2.24) is 4.67 Å². The lowest BCUT2D eigenvalue weighted by Gasteiger charge is -2.33. The predicted molar refractivity (Wildman–Crippen MR) is 140 cm³/mol. The van der Waals surface area contributed by atoms with Gasteiger partial charge in [0.15, 0.2) is 5.76 Å². The quantitative estimate of drug-likeness (QED) is 0.230. The van der Waals surface area contributed by atoms with Gasteiger partial charge >= 0.3 is 0 Å². The van der Waals surface area contributed by atoms with Crippen molar-refractivity contribution in [3.05, 3.63) is 66.6 Å². The SMILES string of the molecule is CCN(CC)[P@](=O)(Nc1ccc(SC(F)F)cc1)c1ccc(N(C)C)cc1NC(=O)c1ccco1. The van der Waals surface area contributed by atoms with Gasteiger partial charge in [-0.15, -0.1) is 0 Å². The highest BCUT2D eigenvalue weighted by Crippen LogP contribution is 2.50. The van der Waals surface area contributed by atoms with E-state index in [2.05, 4.69) is 10.4 Å². The summed E-state index contributed by atoms with van der Waals surface area (Å²) in [6.07, 6.45) is 1.41. The fourth-order valence-corrected chi connectivity index (χ4v) is 6.63. The van der Waals surface area contributed by atoms with Crippen molar-refractivity contribution in [2.45, 2.75) is 24.5 Å². The zero-order valence-electron chi connectivity index (χ0n) is 20.0. The van der Waals surface area contributed by atoms with Crippen LogP contribution in [0.4, 0.5) is 25.8 Å². The molecule has 0 radical (unpaired) electrons. The predicted octanol–water partition coefficient (Wildman–Crippen LogP) is 6.18. The highest BCUT2D eigenvalue weighted by molar-refractivity contribution is 7.99. The Labute approximate surface area is 208 Å². The third-order valence-corrected chi connectivity index (χ3v) is 8.99. The van der Waals surface area contributed by atoms with Crippen molar-refractivity contribution in [2.75, 3.05) is 42.5 Å². The first kappa shape index (κ1) is 26.8. The Bertz CT molecular complexity index is 1170. The molecule has 0 saturated carbocycles. The number of alkyl halides is 2. The molecule has 0 unspecified atom stereocenters. The summed E-state index contributed by atoms with van der Waals surface area (Å²) < 4.78 is 47.1. The smallest absolute Gasteiger partial charge is 0.291 e. The van der Waals surface area contributed by atoms with Gasteiger partial charge in [0.25, 0.3) is 19.1 Å². The van der Waals surface area contributed by atoms with Gasteiger partial charge in [0.05, 0.1) is 17.3 Å². The van der Waals surface area contributed by atoms with Crippen LogP contribution in [0.5, 0.6) is 0 Å². The molecule has 188 valence electrons. The van der Waals surface area contributed by atoms with Crippen LogP contribution in [0.1, 0.15) is 24.4 Å². The maximum atomic E-state index is 14.7. The summed E-state index contributed by atoms with van der Waals surface area (Å²) in [6.45, 7) is 4.74. The standard InChI is InChI=1S/C24H29F2N4O3PS/c1-5-30(6-2)34(32,28-17-9-12-19(13-10-17)35-24(25)26)22-14-11-18(29(3)4)16-20(22)27-23(31)21-8-7-15-33-21/h7-16,24H,5-6H2,1-4H3,(H,27,31)(H,28,32)/t34-/m1/s1. The minimum Gasteiger partial charge on any atom is -0.459 e. The highest BCUT2D eigenvalue weighted by atomic mass is 32.2. The number of nitrogens with one attached hydrogen (secondary N) is 2. The largest absolute Gasteiger partial charge is 0.459 e. The van der Waals surface area contributed by atoms with E-state index >= 15 is 0 Å². The molecule has 2 aromatic carbocycles. The average Bonchev–Trinajstić information content (AvgIpc) is 3.36. The molecule has 0 aliphatic carbocycles. The zero-order chi connectivity index (χ0) is 25.6. The van der Waals surface area contributed by atoms with Crippen LogP contribution >= 0.6 is 19.2 Å². The summed E-state index contributed by atoms with van der Waals surface area (Å²) in [6, 6.07) is 14.8. The maximum absolute atomic E-state index is 14.7. The van der Waals surface area contributed by atoms with Crippen LogP contribution in [0.3, 0.4) is 0 Å². The number of carbonyl (C=O) groups excluding carboxylic acids is 1. The van der Waals surface area contributed by atoms with Crippen LogP contribution in [-0.4, -0.2) is 43.5 Å². The van der Waals surface area contributed by atoms with E-state index in [1.807, 2.05) is 38.9 Å². The van der Waals surface area contributed by atoms with Gasteiger partial charge in [0.2, 0.25) is 0 Å².